The van der Waals surface area contributed by atoms with Crippen molar-refractivity contribution in [1.29, 1.82) is 0 Å². The van der Waals surface area contributed by atoms with Gasteiger partial charge in [0, 0.05) is 23.7 Å². The largest absolute Gasteiger partial charge is 0.508 e. The molecule has 1 aromatic rings. The Balaban J connectivity index is 2.61. The van der Waals surface area contributed by atoms with E-state index in [-0.39, 0.29) is 17.6 Å². The molecule has 4 nitrogen and oxygen atoms in total. The van der Waals surface area contributed by atoms with Gasteiger partial charge < -0.3 is 16.2 Å². The van der Waals surface area contributed by atoms with Crippen molar-refractivity contribution in [3.63, 3.8) is 0 Å². The van der Waals surface area contributed by atoms with Crippen LogP contribution in [-0.4, -0.2) is 11.0 Å². The van der Waals surface area contributed by atoms with Crippen LogP contribution in [0, 0.1) is 5.92 Å². The number of anilines is 1. The molecule has 1 aromatic carbocycles. The van der Waals surface area contributed by atoms with Crippen LogP contribution in [0.1, 0.15) is 25.8 Å². The zero-order valence-corrected chi connectivity index (χ0v) is 9.66. The number of aromatic hydroxyl groups is 1. The van der Waals surface area contributed by atoms with Crippen LogP contribution in [0.25, 0.3) is 0 Å². The number of rotatable bonds is 4. The van der Waals surface area contributed by atoms with Gasteiger partial charge in [0.15, 0.2) is 0 Å². The second kappa shape index (κ2) is 5.39. The molecule has 0 fully saturated rings. The molecule has 16 heavy (non-hydrogen) atoms. The number of hydrogen-bond acceptors (Lipinski definition) is 3. The van der Waals surface area contributed by atoms with Gasteiger partial charge in [-0.15, -0.1) is 0 Å². The molecule has 0 spiro atoms. The second-order valence-corrected chi connectivity index (χ2v) is 3.92. The molecule has 0 aliphatic carbocycles. The highest BCUT2D eigenvalue weighted by Crippen LogP contribution is 2.19. The summed E-state index contributed by atoms with van der Waals surface area (Å²) in [5.74, 6) is 0.131. The number of hydrogen-bond donors (Lipinski definition) is 3. The Kier molecular flexibility index (Phi) is 4.17. The van der Waals surface area contributed by atoms with Crippen LogP contribution in [-0.2, 0) is 11.3 Å². The Morgan fingerprint density at radius 3 is 2.88 bits per heavy atom. The minimum Gasteiger partial charge on any atom is -0.508 e. The summed E-state index contributed by atoms with van der Waals surface area (Å²) in [5, 5.41) is 12.3. The van der Waals surface area contributed by atoms with Crippen molar-refractivity contribution in [2.75, 3.05) is 5.73 Å². The maximum atomic E-state index is 11.5. The van der Waals surface area contributed by atoms with Gasteiger partial charge in [-0.1, -0.05) is 13.8 Å². The molecule has 0 saturated heterocycles. The summed E-state index contributed by atoms with van der Waals surface area (Å²) in [6.07, 6.45) is 0.800. The van der Waals surface area contributed by atoms with Crippen LogP contribution in [0.5, 0.6) is 5.75 Å². The molecule has 0 radical (unpaired) electrons. The molecular weight excluding hydrogens is 204 g/mol. The molecule has 4 heteroatoms. The van der Waals surface area contributed by atoms with Crippen molar-refractivity contribution < 1.29 is 9.90 Å². The Hall–Kier alpha value is -1.71. The van der Waals surface area contributed by atoms with E-state index in [1.54, 1.807) is 12.1 Å². The van der Waals surface area contributed by atoms with Crippen LogP contribution < -0.4 is 11.1 Å². The van der Waals surface area contributed by atoms with Gasteiger partial charge in [0.1, 0.15) is 5.75 Å². The van der Waals surface area contributed by atoms with Crippen molar-refractivity contribution in [3.8, 4) is 5.75 Å². The first kappa shape index (κ1) is 12.4. The Morgan fingerprint density at radius 2 is 2.25 bits per heavy atom. The van der Waals surface area contributed by atoms with E-state index in [0.29, 0.717) is 17.8 Å². The fourth-order valence-corrected chi connectivity index (χ4v) is 1.29. The average molecular weight is 222 g/mol. The first-order valence-corrected chi connectivity index (χ1v) is 5.39. The molecule has 4 N–H and O–H groups in total. The standard InChI is InChI=1S/C12H18N2O2/c1-3-8(2)12(16)14-7-9-6-10(13)4-5-11(9)15/h4-6,8,15H,3,7,13H2,1-2H3,(H,14,16). The molecular formula is C12H18N2O2. The highest BCUT2D eigenvalue weighted by Gasteiger charge is 2.10. The Morgan fingerprint density at radius 1 is 1.56 bits per heavy atom. The van der Waals surface area contributed by atoms with Crippen LogP contribution in [0.3, 0.4) is 0 Å². The van der Waals surface area contributed by atoms with Gasteiger partial charge >= 0.3 is 0 Å². The van der Waals surface area contributed by atoms with E-state index < -0.39 is 0 Å². The molecule has 1 amide bonds. The highest BCUT2D eigenvalue weighted by atomic mass is 16.3. The van der Waals surface area contributed by atoms with Crippen LogP contribution in [0.2, 0.25) is 0 Å². The van der Waals surface area contributed by atoms with Crippen LogP contribution in [0.15, 0.2) is 18.2 Å². The molecule has 0 aliphatic rings. The molecule has 1 atom stereocenters. The van der Waals surface area contributed by atoms with Crippen LogP contribution >= 0.6 is 0 Å². The molecule has 0 saturated carbocycles. The molecule has 88 valence electrons. The van der Waals surface area contributed by atoms with Crippen molar-refractivity contribution >= 4 is 11.6 Å². The molecule has 1 rings (SSSR count). The Labute approximate surface area is 95.5 Å². The average Bonchev–Trinajstić information content (AvgIpc) is 2.28. The number of carbonyl (C=O) groups excluding carboxylic acids is 1. The fraction of sp³-hybridized carbons (Fsp3) is 0.417. The summed E-state index contributed by atoms with van der Waals surface area (Å²) in [6.45, 7) is 4.14. The molecule has 1 unspecified atom stereocenters. The van der Waals surface area contributed by atoms with E-state index >= 15 is 0 Å². The predicted molar refractivity (Wildman–Crippen MR) is 63.8 cm³/mol. The highest BCUT2D eigenvalue weighted by molar-refractivity contribution is 5.78. The molecule has 0 bridgehead atoms. The van der Waals surface area contributed by atoms with E-state index in [1.807, 2.05) is 13.8 Å². The third-order valence-corrected chi connectivity index (χ3v) is 2.62. The number of amides is 1. The lowest BCUT2D eigenvalue weighted by Crippen LogP contribution is -2.28. The monoisotopic (exact) mass is 222 g/mol. The lowest BCUT2D eigenvalue weighted by molar-refractivity contribution is -0.124. The number of nitrogens with one attached hydrogen (secondary N) is 1. The normalized spacial score (nSPS) is 12.1. The number of phenolic OH excluding ortho intramolecular Hbond substituents is 1. The van der Waals surface area contributed by atoms with Crippen molar-refractivity contribution in [2.24, 2.45) is 5.92 Å². The first-order chi connectivity index (χ1) is 7.54. The number of nitrogen functional groups attached to an aromatic ring is 1. The summed E-state index contributed by atoms with van der Waals surface area (Å²) in [6, 6.07) is 4.81. The van der Waals surface area contributed by atoms with Gasteiger partial charge in [0.2, 0.25) is 5.91 Å². The van der Waals surface area contributed by atoms with Crippen molar-refractivity contribution in [1.82, 2.24) is 5.32 Å². The molecule has 0 heterocycles. The summed E-state index contributed by atoms with van der Waals surface area (Å²) in [5.41, 5.74) is 6.81. The van der Waals surface area contributed by atoms with Crippen molar-refractivity contribution in [3.05, 3.63) is 23.8 Å². The summed E-state index contributed by atoms with van der Waals surface area (Å²) in [4.78, 5) is 11.5. The van der Waals surface area contributed by atoms with Crippen LogP contribution in [0.4, 0.5) is 5.69 Å². The summed E-state index contributed by atoms with van der Waals surface area (Å²) >= 11 is 0. The Bertz CT molecular complexity index is 377. The lowest BCUT2D eigenvalue weighted by Gasteiger charge is -2.11. The SMILES string of the molecule is CCC(C)C(=O)NCc1cc(N)ccc1O. The maximum Gasteiger partial charge on any atom is 0.223 e. The van der Waals surface area contributed by atoms with Gasteiger partial charge in [-0.3, -0.25) is 4.79 Å². The topological polar surface area (TPSA) is 75.4 Å². The second-order valence-electron chi connectivity index (χ2n) is 3.92. The number of carbonyl (C=O) groups is 1. The zero-order chi connectivity index (χ0) is 12.1. The van der Waals surface area contributed by atoms with E-state index in [9.17, 15) is 9.90 Å². The summed E-state index contributed by atoms with van der Waals surface area (Å²) in [7, 11) is 0. The summed E-state index contributed by atoms with van der Waals surface area (Å²) < 4.78 is 0. The van der Waals surface area contributed by atoms with Gasteiger partial charge in [0.05, 0.1) is 0 Å². The third-order valence-electron chi connectivity index (χ3n) is 2.62. The van der Waals surface area contributed by atoms with Gasteiger partial charge in [0.25, 0.3) is 0 Å². The first-order valence-electron chi connectivity index (χ1n) is 5.39. The van der Waals surface area contributed by atoms with E-state index in [4.69, 9.17) is 5.73 Å². The maximum absolute atomic E-state index is 11.5. The number of phenols is 1. The van der Waals surface area contributed by atoms with E-state index in [2.05, 4.69) is 5.32 Å². The predicted octanol–water partition coefficient (Wildman–Crippen LogP) is 1.64. The number of benzene rings is 1. The zero-order valence-electron chi connectivity index (χ0n) is 9.66. The van der Waals surface area contributed by atoms with Crippen molar-refractivity contribution in [2.45, 2.75) is 26.8 Å². The lowest BCUT2D eigenvalue weighted by atomic mass is 10.1. The minimum atomic E-state index is -0.0109. The van der Waals surface area contributed by atoms with Gasteiger partial charge in [-0.25, -0.2) is 0 Å². The van der Waals surface area contributed by atoms with E-state index in [0.717, 1.165) is 6.42 Å². The third kappa shape index (κ3) is 3.15. The minimum absolute atomic E-state index is 0.00988. The number of nitrogens with two attached hydrogens (primary N) is 1. The molecule has 0 aliphatic heterocycles. The van der Waals surface area contributed by atoms with E-state index in [1.165, 1.54) is 6.07 Å². The quantitative estimate of drug-likeness (QED) is 0.535. The van der Waals surface area contributed by atoms with Gasteiger partial charge in [-0.2, -0.15) is 0 Å². The molecule has 0 aromatic heterocycles. The fourth-order valence-electron chi connectivity index (χ4n) is 1.29. The van der Waals surface area contributed by atoms with Gasteiger partial charge in [-0.05, 0) is 24.6 Å². The smallest absolute Gasteiger partial charge is 0.223 e.